The molecule has 0 spiro atoms. The molecule has 0 aliphatic carbocycles. The van der Waals surface area contributed by atoms with Crippen molar-refractivity contribution >= 4 is 0 Å². The molecule has 2 aromatic rings. The molecule has 3 atom stereocenters. The minimum Gasteiger partial charge on any atom is -0.326 e. The van der Waals surface area contributed by atoms with Crippen molar-refractivity contribution in [2.75, 3.05) is 7.05 Å². The summed E-state index contributed by atoms with van der Waals surface area (Å²) >= 11 is 0. The van der Waals surface area contributed by atoms with E-state index in [4.69, 9.17) is 5.73 Å². The van der Waals surface area contributed by atoms with Crippen LogP contribution in [0, 0.1) is 5.82 Å². The van der Waals surface area contributed by atoms with Gasteiger partial charge in [0, 0.05) is 23.7 Å². The number of likely N-dealkylation sites (N-methyl/N-ethyl adjacent to an activating group) is 1. The third-order valence-electron chi connectivity index (χ3n) is 4.04. The highest BCUT2D eigenvalue weighted by Crippen LogP contribution is 2.31. The number of halogens is 1. The van der Waals surface area contributed by atoms with Crippen molar-refractivity contribution in [2.45, 2.75) is 32.0 Å². The highest BCUT2D eigenvalue weighted by molar-refractivity contribution is 5.24. The first-order valence-electron chi connectivity index (χ1n) is 7.29. The molecule has 0 saturated heterocycles. The largest absolute Gasteiger partial charge is 0.326 e. The summed E-state index contributed by atoms with van der Waals surface area (Å²) in [6.45, 7) is 4.00. The smallest absolute Gasteiger partial charge is 0.127 e. The Morgan fingerprint density at radius 2 is 1.52 bits per heavy atom. The monoisotopic (exact) mass is 286 g/mol. The zero-order chi connectivity index (χ0) is 15.4. The molecule has 2 nitrogen and oxygen atoms in total. The van der Waals surface area contributed by atoms with Gasteiger partial charge in [-0.3, -0.25) is 4.90 Å². The molecule has 0 bridgehead atoms. The molecule has 3 unspecified atom stereocenters. The lowest BCUT2D eigenvalue weighted by Crippen LogP contribution is -2.38. The summed E-state index contributed by atoms with van der Waals surface area (Å²) < 4.78 is 14.0. The van der Waals surface area contributed by atoms with Crippen molar-refractivity contribution in [2.24, 2.45) is 5.73 Å². The molecule has 3 heteroatoms. The highest BCUT2D eigenvalue weighted by Gasteiger charge is 2.26. The van der Waals surface area contributed by atoms with Crippen LogP contribution in [-0.2, 0) is 0 Å². The van der Waals surface area contributed by atoms with E-state index in [1.165, 1.54) is 6.07 Å². The van der Waals surface area contributed by atoms with Gasteiger partial charge in [0.1, 0.15) is 5.82 Å². The second kappa shape index (κ2) is 6.83. The van der Waals surface area contributed by atoms with E-state index in [9.17, 15) is 4.39 Å². The summed E-state index contributed by atoms with van der Waals surface area (Å²) in [7, 11) is 2.00. The lowest BCUT2D eigenvalue weighted by atomic mass is 9.96. The van der Waals surface area contributed by atoms with E-state index in [0.717, 1.165) is 5.56 Å². The first-order chi connectivity index (χ1) is 10.0. The van der Waals surface area contributed by atoms with Crippen LogP contribution in [0.15, 0.2) is 54.6 Å². The minimum atomic E-state index is -0.173. The number of hydrogen-bond acceptors (Lipinski definition) is 2. The van der Waals surface area contributed by atoms with E-state index in [-0.39, 0.29) is 23.9 Å². The molecule has 0 amide bonds. The summed E-state index contributed by atoms with van der Waals surface area (Å²) in [6, 6.07) is 17.0. The van der Waals surface area contributed by atoms with Crippen molar-refractivity contribution < 1.29 is 4.39 Å². The molecule has 0 aliphatic rings. The zero-order valence-electron chi connectivity index (χ0n) is 12.8. The van der Waals surface area contributed by atoms with Crippen molar-refractivity contribution in [1.82, 2.24) is 4.90 Å². The minimum absolute atomic E-state index is 0.0424. The van der Waals surface area contributed by atoms with Crippen LogP contribution in [0.4, 0.5) is 4.39 Å². The van der Waals surface area contributed by atoms with Crippen LogP contribution in [-0.4, -0.2) is 18.0 Å². The third-order valence-corrected chi connectivity index (χ3v) is 4.04. The van der Waals surface area contributed by atoms with E-state index < -0.39 is 0 Å². The summed E-state index contributed by atoms with van der Waals surface area (Å²) in [5.74, 6) is -0.173. The van der Waals surface area contributed by atoms with Crippen molar-refractivity contribution in [3.8, 4) is 0 Å². The SMILES string of the molecule is CC(N)C(c1ccccc1)N(C)C(C)c1ccccc1F. The van der Waals surface area contributed by atoms with Crippen LogP contribution < -0.4 is 5.73 Å². The summed E-state index contributed by atoms with van der Waals surface area (Å²) in [6.07, 6.45) is 0. The molecule has 112 valence electrons. The molecular weight excluding hydrogens is 263 g/mol. The molecule has 2 rings (SSSR count). The molecule has 0 saturated carbocycles. The van der Waals surface area contributed by atoms with Crippen LogP contribution in [0.2, 0.25) is 0 Å². The summed E-state index contributed by atoms with van der Waals surface area (Å²) in [5, 5.41) is 0. The number of nitrogens with two attached hydrogens (primary N) is 1. The average Bonchev–Trinajstić information content (AvgIpc) is 2.48. The summed E-state index contributed by atoms with van der Waals surface area (Å²) in [5.41, 5.74) is 8.04. The second-order valence-corrected chi connectivity index (χ2v) is 5.58. The predicted octanol–water partition coefficient (Wildman–Crippen LogP) is 3.91. The van der Waals surface area contributed by atoms with Crippen LogP contribution in [0.3, 0.4) is 0 Å². The van der Waals surface area contributed by atoms with Crippen LogP contribution in [0.25, 0.3) is 0 Å². The Hall–Kier alpha value is -1.71. The lowest BCUT2D eigenvalue weighted by Gasteiger charge is -2.36. The molecule has 0 radical (unpaired) electrons. The predicted molar refractivity (Wildman–Crippen MR) is 85.4 cm³/mol. The van der Waals surface area contributed by atoms with Crippen LogP contribution in [0.5, 0.6) is 0 Å². The van der Waals surface area contributed by atoms with Gasteiger partial charge in [-0.15, -0.1) is 0 Å². The molecular formula is C18H23FN2. The van der Waals surface area contributed by atoms with E-state index in [1.54, 1.807) is 6.07 Å². The van der Waals surface area contributed by atoms with Gasteiger partial charge >= 0.3 is 0 Å². The van der Waals surface area contributed by atoms with Crippen LogP contribution >= 0.6 is 0 Å². The Morgan fingerprint density at radius 1 is 0.952 bits per heavy atom. The van der Waals surface area contributed by atoms with Gasteiger partial charge in [0.15, 0.2) is 0 Å². The third kappa shape index (κ3) is 3.49. The van der Waals surface area contributed by atoms with Gasteiger partial charge in [-0.2, -0.15) is 0 Å². The van der Waals surface area contributed by atoms with Gasteiger partial charge in [0.25, 0.3) is 0 Å². The Labute approximate surface area is 126 Å². The fraction of sp³-hybridized carbons (Fsp3) is 0.333. The standard InChI is InChI=1S/C18H23FN2/c1-13(20)18(15-9-5-4-6-10-15)21(3)14(2)16-11-7-8-12-17(16)19/h4-14,18H,20H2,1-3H3. The van der Waals surface area contributed by atoms with E-state index >= 15 is 0 Å². The zero-order valence-corrected chi connectivity index (χ0v) is 12.8. The van der Waals surface area contributed by atoms with Crippen molar-refractivity contribution in [3.05, 3.63) is 71.5 Å². The molecule has 2 N–H and O–H groups in total. The lowest BCUT2D eigenvalue weighted by molar-refractivity contribution is 0.163. The summed E-state index contributed by atoms with van der Waals surface area (Å²) in [4.78, 5) is 2.14. The van der Waals surface area contributed by atoms with Crippen molar-refractivity contribution in [3.63, 3.8) is 0 Å². The average molecular weight is 286 g/mol. The van der Waals surface area contributed by atoms with Crippen LogP contribution in [0.1, 0.15) is 37.1 Å². The molecule has 0 aromatic heterocycles. The Bertz CT molecular complexity index is 568. The highest BCUT2D eigenvalue weighted by atomic mass is 19.1. The molecule has 2 aromatic carbocycles. The van der Waals surface area contributed by atoms with Gasteiger partial charge < -0.3 is 5.73 Å². The maximum Gasteiger partial charge on any atom is 0.127 e. The normalized spacial score (nSPS) is 15.7. The number of nitrogens with zero attached hydrogens (tertiary/aromatic N) is 1. The molecule has 0 heterocycles. The quantitative estimate of drug-likeness (QED) is 0.903. The fourth-order valence-corrected chi connectivity index (χ4v) is 2.83. The van der Waals surface area contributed by atoms with Gasteiger partial charge in [-0.1, -0.05) is 48.5 Å². The van der Waals surface area contributed by atoms with Gasteiger partial charge in [-0.05, 0) is 32.5 Å². The van der Waals surface area contributed by atoms with Gasteiger partial charge in [0.2, 0.25) is 0 Å². The second-order valence-electron chi connectivity index (χ2n) is 5.58. The van der Waals surface area contributed by atoms with E-state index in [0.29, 0.717) is 5.56 Å². The Kier molecular flexibility index (Phi) is 5.10. The fourth-order valence-electron chi connectivity index (χ4n) is 2.83. The first-order valence-corrected chi connectivity index (χ1v) is 7.29. The number of hydrogen-bond donors (Lipinski definition) is 1. The first kappa shape index (κ1) is 15.7. The number of rotatable bonds is 5. The van der Waals surface area contributed by atoms with Gasteiger partial charge in [-0.25, -0.2) is 4.39 Å². The van der Waals surface area contributed by atoms with E-state index in [1.807, 2.05) is 51.2 Å². The molecule has 0 fully saturated rings. The van der Waals surface area contributed by atoms with E-state index in [2.05, 4.69) is 17.0 Å². The maximum atomic E-state index is 14.0. The molecule has 0 aliphatic heterocycles. The Balaban J connectivity index is 2.31. The number of benzene rings is 2. The maximum absolute atomic E-state index is 14.0. The molecule has 21 heavy (non-hydrogen) atoms. The topological polar surface area (TPSA) is 29.3 Å². The van der Waals surface area contributed by atoms with Crippen molar-refractivity contribution in [1.29, 1.82) is 0 Å². The Morgan fingerprint density at radius 3 is 2.10 bits per heavy atom. The van der Waals surface area contributed by atoms with Gasteiger partial charge in [0.05, 0.1) is 0 Å².